The van der Waals surface area contributed by atoms with Crippen molar-refractivity contribution in [1.29, 1.82) is 0 Å². The number of allylic oxidation sites excluding steroid dienone is 3. The summed E-state index contributed by atoms with van der Waals surface area (Å²) in [5.74, 6) is 1.53. The normalized spacial score (nSPS) is 44.9. The first-order valence-corrected chi connectivity index (χ1v) is 13.5. The highest BCUT2D eigenvalue weighted by atomic mass is 16.3. The average Bonchev–Trinajstić information content (AvgIpc) is 3.00. The van der Waals surface area contributed by atoms with Crippen LogP contribution >= 0.6 is 0 Å². The lowest BCUT2D eigenvalue weighted by Gasteiger charge is -2.62. The number of aliphatic hydroxyl groups excluding tert-OH is 2. The summed E-state index contributed by atoms with van der Waals surface area (Å²) in [7, 11) is 0. The van der Waals surface area contributed by atoms with Crippen molar-refractivity contribution in [2.45, 2.75) is 125 Å². The van der Waals surface area contributed by atoms with Crippen molar-refractivity contribution in [2.24, 2.45) is 39.4 Å². The van der Waals surface area contributed by atoms with E-state index in [-0.39, 0.29) is 33.9 Å². The molecular formula is C30H50O2. The van der Waals surface area contributed by atoms with Gasteiger partial charge in [-0.1, -0.05) is 64.3 Å². The minimum Gasteiger partial charge on any atom is -0.393 e. The monoisotopic (exact) mass is 442 g/mol. The fourth-order valence-corrected chi connectivity index (χ4v) is 9.40. The Bertz CT molecular complexity index is 802. The molecule has 2 heteroatoms. The zero-order valence-corrected chi connectivity index (χ0v) is 22.2. The van der Waals surface area contributed by atoms with Gasteiger partial charge in [0.2, 0.25) is 0 Å². The molecule has 0 amide bonds. The fraction of sp³-hybridized carbons (Fsp3) is 0.867. The van der Waals surface area contributed by atoms with Gasteiger partial charge >= 0.3 is 0 Å². The molecule has 0 saturated heterocycles. The second kappa shape index (κ2) is 7.98. The number of aliphatic hydroxyl groups is 2. The lowest BCUT2D eigenvalue weighted by molar-refractivity contribution is -0.0969. The van der Waals surface area contributed by atoms with E-state index in [1.54, 1.807) is 11.1 Å². The molecule has 4 rings (SSSR count). The maximum absolute atomic E-state index is 11.0. The summed E-state index contributed by atoms with van der Waals surface area (Å²) >= 11 is 0. The van der Waals surface area contributed by atoms with Crippen LogP contribution in [-0.2, 0) is 0 Å². The SMILES string of the molecule is CC(C)=CCC(O)C(C)[C@H]1CC[C@@]2(C)C3=C(CC[C@]12C)[C@@]1(C)CC[C@H](O)C(C)(C)[C@@H]1CC3. The van der Waals surface area contributed by atoms with Gasteiger partial charge in [-0.05, 0) is 111 Å². The van der Waals surface area contributed by atoms with Gasteiger partial charge in [0.15, 0.2) is 0 Å². The van der Waals surface area contributed by atoms with Crippen LogP contribution in [-0.4, -0.2) is 22.4 Å². The van der Waals surface area contributed by atoms with Gasteiger partial charge in [-0.25, -0.2) is 0 Å². The quantitative estimate of drug-likeness (QED) is 0.444. The summed E-state index contributed by atoms with van der Waals surface area (Å²) < 4.78 is 0. The minimum atomic E-state index is -0.238. The van der Waals surface area contributed by atoms with Crippen LogP contribution in [0.5, 0.6) is 0 Å². The summed E-state index contributed by atoms with van der Waals surface area (Å²) in [5, 5.41) is 21.9. The maximum Gasteiger partial charge on any atom is 0.0603 e. The van der Waals surface area contributed by atoms with Crippen molar-refractivity contribution < 1.29 is 10.2 Å². The molecule has 2 N–H and O–H groups in total. The van der Waals surface area contributed by atoms with Gasteiger partial charge in [-0.3, -0.25) is 0 Å². The number of fused-ring (bicyclic) bond motifs is 4. The van der Waals surface area contributed by atoms with Gasteiger partial charge in [-0.15, -0.1) is 0 Å². The van der Waals surface area contributed by atoms with E-state index >= 15 is 0 Å². The summed E-state index contributed by atoms with van der Waals surface area (Å²) in [6.45, 7) is 18.9. The zero-order chi connectivity index (χ0) is 23.7. The average molecular weight is 443 g/mol. The van der Waals surface area contributed by atoms with E-state index in [0.29, 0.717) is 17.8 Å². The van der Waals surface area contributed by atoms with E-state index in [0.717, 1.165) is 19.3 Å². The highest BCUT2D eigenvalue weighted by molar-refractivity contribution is 5.38. The largest absolute Gasteiger partial charge is 0.393 e. The van der Waals surface area contributed by atoms with Crippen LogP contribution in [0.2, 0.25) is 0 Å². The molecule has 2 unspecified atom stereocenters. The van der Waals surface area contributed by atoms with Crippen molar-refractivity contribution in [2.75, 3.05) is 0 Å². The summed E-state index contributed by atoms with van der Waals surface area (Å²) in [4.78, 5) is 0. The van der Waals surface area contributed by atoms with Crippen molar-refractivity contribution in [3.05, 3.63) is 22.8 Å². The van der Waals surface area contributed by atoms with Crippen molar-refractivity contribution in [3.8, 4) is 0 Å². The first kappa shape index (κ1) is 24.5. The van der Waals surface area contributed by atoms with E-state index in [9.17, 15) is 10.2 Å². The number of hydrogen-bond acceptors (Lipinski definition) is 2. The van der Waals surface area contributed by atoms with Crippen LogP contribution in [0, 0.1) is 39.4 Å². The molecule has 0 spiro atoms. The van der Waals surface area contributed by atoms with Crippen LogP contribution in [0.25, 0.3) is 0 Å². The molecule has 0 aliphatic heterocycles. The Hall–Kier alpha value is -0.600. The van der Waals surface area contributed by atoms with Crippen LogP contribution in [0.1, 0.15) is 113 Å². The molecule has 0 bridgehead atoms. The van der Waals surface area contributed by atoms with Crippen molar-refractivity contribution in [1.82, 2.24) is 0 Å². The Labute approximate surface area is 198 Å². The molecule has 182 valence electrons. The standard InChI is InChI=1S/C30H50O2/c1-19(2)9-11-24(31)20(3)21-13-17-30(8)23-10-12-25-27(4,5)26(32)15-16-28(25,6)22(23)14-18-29(21,30)7/h9,20-21,24-26,31-32H,10-18H2,1-8H3/t20?,21-,24?,25+,26+,28-,29-,30+/m1/s1. The molecule has 2 nitrogen and oxygen atoms in total. The van der Waals surface area contributed by atoms with Gasteiger partial charge in [-0.2, -0.15) is 0 Å². The Morgan fingerprint density at radius 1 is 0.969 bits per heavy atom. The highest BCUT2D eigenvalue weighted by Gasteiger charge is 2.63. The molecule has 0 aromatic heterocycles. The highest BCUT2D eigenvalue weighted by Crippen LogP contribution is 2.72. The maximum atomic E-state index is 11.0. The van der Waals surface area contributed by atoms with Crippen LogP contribution in [0.15, 0.2) is 22.8 Å². The molecule has 2 saturated carbocycles. The lowest BCUT2D eigenvalue weighted by atomic mass is 9.43. The number of hydrogen-bond donors (Lipinski definition) is 2. The van der Waals surface area contributed by atoms with E-state index in [1.807, 2.05) is 0 Å². The first-order chi connectivity index (χ1) is 14.8. The molecule has 2 fully saturated rings. The Kier molecular flexibility index (Phi) is 6.11. The predicted molar refractivity (Wildman–Crippen MR) is 134 cm³/mol. The van der Waals surface area contributed by atoms with Crippen LogP contribution < -0.4 is 0 Å². The van der Waals surface area contributed by atoms with E-state index < -0.39 is 0 Å². The van der Waals surface area contributed by atoms with Gasteiger partial charge in [0.1, 0.15) is 0 Å². The van der Waals surface area contributed by atoms with E-state index in [4.69, 9.17) is 0 Å². The van der Waals surface area contributed by atoms with Gasteiger partial charge in [0, 0.05) is 0 Å². The first-order valence-electron chi connectivity index (χ1n) is 13.5. The molecule has 4 aliphatic rings. The van der Waals surface area contributed by atoms with Crippen molar-refractivity contribution in [3.63, 3.8) is 0 Å². The topological polar surface area (TPSA) is 40.5 Å². The molecule has 0 heterocycles. The third-order valence-electron chi connectivity index (χ3n) is 11.8. The Morgan fingerprint density at radius 2 is 1.66 bits per heavy atom. The third-order valence-corrected chi connectivity index (χ3v) is 11.8. The molecule has 4 aliphatic carbocycles. The number of rotatable bonds is 4. The van der Waals surface area contributed by atoms with Crippen LogP contribution in [0.4, 0.5) is 0 Å². The Morgan fingerprint density at radius 3 is 2.31 bits per heavy atom. The minimum absolute atomic E-state index is 0.00888. The lowest BCUT2D eigenvalue weighted by Crippen LogP contribution is -2.55. The Balaban J connectivity index is 1.67. The van der Waals surface area contributed by atoms with Gasteiger partial charge in [0.05, 0.1) is 12.2 Å². The predicted octanol–water partition coefficient (Wildman–Crippen LogP) is 7.45. The second-order valence-electron chi connectivity index (χ2n) is 13.7. The van der Waals surface area contributed by atoms with Gasteiger partial charge < -0.3 is 10.2 Å². The summed E-state index contributed by atoms with van der Waals surface area (Å²) in [6, 6.07) is 0. The van der Waals surface area contributed by atoms with E-state index in [1.165, 1.54) is 44.1 Å². The molecule has 0 radical (unpaired) electrons. The molecular weight excluding hydrogens is 392 g/mol. The van der Waals surface area contributed by atoms with Gasteiger partial charge in [0.25, 0.3) is 0 Å². The summed E-state index contributed by atoms with van der Waals surface area (Å²) in [5.41, 5.74) is 5.70. The molecule has 0 aromatic carbocycles. The smallest absolute Gasteiger partial charge is 0.0603 e. The zero-order valence-electron chi connectivity index (χ0n) is 22.2. The fourth-order valence-electron chi connectivity index (χ4n) is 9.40. The molecule has 32 heavy (non-hydrogen) atoms. The third kappa shape index (κ3) is 3.33. The second-order valence-corrected chi connectivity index (χ2v) is 13.7. The summed E-state index contributed by atoms with van der Waals surface area (Å²) in [6.07, 6.45) is 12.2. The van der Waals surface area contributed by atoms with E-state index in [2.05, 4.69) is 61.5 Å². The van der Waals surface area contributed by atoms with Crippen LogP contribution in [0.3, 0.4) is 0 Å². The molecule has 0 aromatic rings. The van der Waals surface area contributed by atoms with Crippen molar-refractivity contribution >= 4 is 0 Å². The molecule has 8 atom stereocenters.